The van der Waals surface area contributed by atoms with Gasteiger partial charge in [0.1, 0.15) is 6.54 Å². The van der Waals surface area contributed by atoms with Crippen LogP contribution in [0.3, 0.4) is 0 Å². The van der Waals surface area contributed by atoms with E-state index in [9.17, 15) is 4.79 Å². The van der Waals surface area contributed by atoms with Crippen LogP contribution in [-0.2, 0) is 13.1 Å². The molecule has 2 aromatic carbocycles. The van der Waals surface area contributed by atoms with Gasteiger partial charge in [0, 0.05) is 5.56 Å². The van der Waals surface area contributed by atoms with Gasteiger partial charge in [-0.05, 0) is 12.1 Å². The second-order valence-corrected chi connectivity index (χ2v) is 4.96. The molecule has 0 spiro atoms. The molecule has 22 heavy (non-hydrogen) atoms. The summed E-state index contributed by atoms with van der Waals surface area (Å²) in [6.45, 7) is 4.85. The Balaban J connectivity index is 0.00000176. The van der Waals surface area contributed by atoms with E-state index in [1.54, 1.807) is 0 Å². The smallest absolute Gasteiger partial charge is 0.245 e. The Bertz CT molecular complexity index is 793. The number of para-hydroxylation sites is 2. The standard InChI is InChI=1S/C18H17N2O.BrH/c1-2-12-19-14-20(17-11-7-6-10-16(17)19)13-18(21)15-8-4-3-5-9-15;/h2-11,14H,1,12-13H2;1H/q+1;/p-1. The molecule has 1 heterocycles. The van der Waals surface area contributed by atoms with Gasteiger partial charge < -0.3 is 17.0 Å². The van der Waals surface area contributed by atoms with E-state index in [0.717, 1.165) is 23.1 Å². The van der Waals surface area contributed by atoms with Crippen LogP contribution in [0.5, 0.6) is 0 Å². The van der Waals surface area contributed by atoms with Crippen molar-refractivity contribution >= 4 is 16.8 Å². The highest BCUT2D eigenvalue weighted by Gasteiger charge is 2.17. The van der Waals surface area contributed by atoms with Crippen LogP contribution < -0.4 is 21.5 Å². The molecular formula is C18H17BrN2O. The number of nitrogens with zero attached hydrogens (tertiary/aromatic N) is 2. The van der Waals surface area contributed by atoms with E-state index >= 15 is 0 Å². The molecule has 4 heteroatoms. The minimum absolute atomic E-state index is 0. The first-order valence-corrected chi connectivity index (χ1v) is 6.96. The van der Waals surface area contributed by atoms with Gasteiger partial charge in [0.05, 0.1) is 0 Å². The Hall–Kier alpha value is -2.20. The van der Waals surface area contributed by atoms with Crippen LogP contribution in [0.15, 0.2) is 73.6 Å². The Morgan fingerprint density at radius 1 is 1.09 bits per heavy atom. The number of hydrogen-bond donors (Lipinski definition) is 0. The van der Waals surface area contributed by atoms with Crippen molar-refractivity contribution in [3.8, 4) is 0 Å². The number of allylic oxidation sites excluding steroid dienone is 1. The van der Waals surface area contributed by atoms with Crippen LogP contribution in [0.1, 0.15) is 10.4 Å². The van der Waals surface area contributed by atoms with Crippen molar-refractivity contribution in [2.45, 2.75) is 13.1 Å². The van der Waals surface area contributed by atoms with Gasteiger partial charge in [0.2, 0.25) is 12.1 Å². The summed E-state index contributed by atoms with van der Waals surface area (Å²) in [5.41, 5.74) is 2.91. The van der Waals surface area contributed by atoms with Gasteiger partial charge in [-0.1, -0.05) is 55.1 Å². The lowest BCUT2D eigenvalue weighted by Gasteiger charge is -1.98. The molecule has 0 saturated heterocycles. The largest absolute Gasteiger partial charge is 1.00 e. The van der Waals surface area contributed by atoms with Crippen molar-refractivity contribution in [3.05, 3.63) is 79.1 Å². The Morgan fingerprint density at radius 2 is 1.77 bits per heavy atom. The molecule has 1 aromatic heterocycles. The van der Waals surface area contributed by atoms with Crippen molar-refractivity contribution < 1.29 is 26.3 Å². The molecule has 3 aromatic rings. The van der Waals surface area contributed by atoms with E-state index in [1.807, 2.05) is 65.5 Å². The van der Waals surface area contributed by atoms with E-state index < -0.39 is 0 Å². The third kappa shape index (κ3) is 3.17. The minimum atomic E-state index is 0. The van der Waals surface area contributed by atoms with Crippen LogP contribution in [0.2, 0.25) is 0 Å². The number of benzene rings is 2. The average molecular weight is 357 g/mol. The fourth-order valence-electron chi connectivity index (χ4n) is 2.52. The third-order valence-electron chi connectivity index (χ3n) is 3.51. The zero-order valence-corrected chi connectivity index (χ0v) is 13.7. The molecule has 0 aliphatic rings. The van der Waals surface area contributed by atoms with Crippen molar-refractivity contribution in [3.63, 3.8) is 0 Å². The summed E-state index contributed by atoms with van der Waals surface area (Å²) in [4.78, 5) is 12.4. The number of hydrogen-bond acceptors (Lipinski definition) is 1. The van der Waals surface area contributed by atoms with Crippen molar-refractivity contribution in [1.82, 2.24) is 4.57 Å². The quantitative estimate of drug-likeness (QED) is 0.359. The van der Waals surface area contributed by atoms with Crippen LogP contribution in [0.25, 0.3) is 11.0 Å². The monoisotopic (exact) mass is 356 g/mol. The van der Waals surface area contributed by atoms with Crippen LogP contribution in [0, 0.1) is 0 Å². The number of rotatable bonds is 5. The number of halogens is 1. The molecule has 0 fully saturated rings. The van der Waals surface area contributed by atoms with Gasteiger partial charge in [0.25, 0.3) is 0 Å². The number of carbonyl (C=O) groups excluding carboxylic acids is 1. The van der Waals surface area contributed by atoms with E-state index in [0.29, 0.717) is 6.54 Å². The summed E-state index contributed by atoms with van der Waals surface area (Å²) in [6.07, 6.45) is 3.84. The molecule has 0 N–H and O–H groups in total. The van der Waals surface area contributed by atoms with Crippen molar-refractivity contribution in [2.24, 2.45) is 0 Å². The number of carbonyl (C=O) groups is 1. The van der Waals surface area contributed by atoms with E-state index in [4.69, 9.17) is 0 Å². The van der Waals surface area contributed by atoms with Crippen LogP contribution >= 0.6 is 0 Å². The predicted octanol–water partition coefficient (Wildman–Crippen LogP) is 0.00170. The van der Waals surface area contributed by atoms with Gasteiger partial charge >= 0.3 is 0 Å². The molecule has 0 bridgehead atoms. The van der Waals surface area contributed by atoms with Gasteiger partial charge in [-0.15, -0.1) is 0 Å². The summed E-state index contributed by atoms with van der Waals surface area (Å²) >= 11 is 0. The highest BCUT2D eigenvalue weighted by molar-refractivity contribution is 5.95. The van der Waals surface area contributed by atoms with E-state index in [1.165, 1.54) is 0 Å². The van der Waals surface area contributed by atoms with E-state index in [2.05, 4.69) is 17.2 Å². The molecule has 0 radical (unpaired) electrons. The lowest BCUT2D eigenvalue weighted by Crippen LogP contribution is -3.00. The maximum absolute atomic E-state index is 12.4. The second-order valence-electron chi connectivity index (χ2n) is 4.96. The first kappa shape index (κ1) is 16.2. The molecule has 112 valence electrons. The first-order chi connectivity index (χ1) is 10.3. The topological polar surface area (TPSA) is 25.9 Å². The number of fused-ring (bicyclic) bond motifs is 1. The maximum atomic E-state index is 12.4. The molecule has 0 aliphatic carbocycles. The molecule has 3 nitrogen and oxygen atoms in total. The highest BCUT2D eigenvalue weighted by Crippen LogP contribution is 2.11. The molecule has 0 unspecified atom stereocenters. The lowest BCUT2D eigenvalue weighted by atomic mass is 10.1. The summed E-state index contributed by atoms with van der Waals surface area (Å²) in [7, 11) is 0. The second kappa shape index (κ2) is 7.18. The normalized spacial score (nSPS) is 10.2. The molecule has 0 aliphatic heterocycles. The van der Waals surface area contributed by atoms with Gasteiger partial charge in [0.15, 0.2) is 17.6 Å². The van der Waals surface area contributed by atoms with Gasteiger partial charge in [-0.2, -0.15) is 0 Å². The first-order valence-electron chi connectivity index (χ1n) is 6.96. The fourth-order valence-corrected chi connectivity index (χ4v) is 2.52. The fraction of sp³-hybridized carbons (Fsp3) is 0.111. The molecule has 3 rings (SSSR count). The summed E-state index contributed by atoms with van der Waals surface area (Å²) in [6, 6.07) is 17.5. The molecule has 0 atom stereocenters. The summed E-state index contributed by atoms with van der Waals surface area (Å²) in [5, 5.41) is 0. The van der Waals surface area contributed by atoms with Gasteiger partial charge in [-0.25, -0.2) is 9.13 Å². The number of aromatic nitrogens is 2. The maximum Gasteiger partial charge on any atom is 0.245 e. The minimum Gasteiger partial charge on any atom is -1.00 e. The zero-order chi connectivity index (χ0) is 14.7. The Labute approximate surface area is 140 Å². The highest BCUT2D eigenvalue weighted by atomic mass is 79.9. The SMILES string of the molecule is C=CCn1c[n+](CC(=O)c2ccccc2)c2ccccc21.[Br-]. The summed E-state index contributed by atoms with van der Waals surface area (Å²) in [5.74, 6) is 0.113. The Morgan fingerprint density at radius 3 is 2.50 bits per heavy atom. The number of imidazole rings is 1. The molecule has 0 saturated carbocycles. The van der Waals surface area contributed by atoms with Crippen LogP contribution in [0.4, 0.5) is 0 Å². The van der Waals surface area contributed by atoms with E-state index in [-0.39, 0.29) is 22.8 Å². The third-order valence-corrected chi connectivity index (χ3v) is 3.51. The zero-order valence-electron chi connectivity index (χ0n) is 12.2. The van der Waals surface area contributed by atoms with Crippen molar-refractivity contribution in [2.75, 3.05) is 0 Å². The summed E-state index contributed by atoms with van der Waals surface area (Å²) < 4.78 is 4.09. The van der Waals surface area contributed by atoms with Gasteiger partial charge in [-0.3, -0.25) is 4.79 Å². The molecular weight excluding hydrogens is 340 g/mol. The lowest BCUT2D eigenvalue weighted by molar-refractivity contribution is -0.657. The Kier molecular flexibility index (Phi) is 5.28. The predicted molar refractivity (Wildman–Crippen MR) is 83.1 cm³/mol. The number of ketones is 1. The van der Waals surface area contributed by atoms with Crippen molar-refractivity contribution in [1.29, 1.82) is 0 Å². The van der Waals surface area contributed by atoms with Crippen LogP contribution in [-0.4, -0.2) is 10.4 Å². The number of Topliss-reactive ketones (excluding diaryl/α,β-unsaturated/α-hetero) is 1. The average Bonchev–Trinajstić information content (AvgIpc) is 2.87. The molecule has 0 amide bonds.